The molecule has 2 aromatic rings. The summed E-state index contributed by atoms with van der Waals surface area (Å²) in [4.78, 5) is 4.32. The summed E-state index contributed by atoms with van der Waals surface area (Å²) in [7, 11) is -3.70. The molecule has 0 amide bonds. The zero-order valence-electron chi connectivity index (χ0n) is 14.2. The number of piperazine rings is 1. The number of rotatable bonds is 5. The van der Waals surface area contributed by atoms with Crippen LogP contribution in [0.3, 0.4) is 0 Å². The van der Waals surface area contributed by atoms with Crippen molar-refractivity contribution in [3.8, 4) is 0 Å². The lowest BCUT2D eigenvalue weighted by molar-refractivity contribution is 0.271. The zero-order valence-corrected chi connectivity index (χ0v) is 15.7. The molecule has 134 valence electrons. The van der Waals surface area contributed by atoms with Crippen LogP contribution in [0.1, 0.15) is 30.5 Å². The Morgan fingerprint density at radius 1 is 1.36 bits per heavy atom. The second-order valence-corrected chi connectivity index (χ2v) is 8.40. The van der Waals surface area contributed by atoms with Crippen LogP contribution in [0.15, 0.2) is 47.6 Å². The van der Waals surface area contributed by atoms with Crippen molar-refractivity contribution in [3.63, 3.8) is 0 Å². The summed E-state index contributed by atoms with van der Waals surface area (Å²) in [5, 5.41) is 3.53. The number of hydrogen-bond acceptors (Lipinski definition) is 4. The Kier molecular flexibility index (Phi) is 5.74. The number of halogens is 1. The molecular formula is C18H22ClN3O2S. The summed E-state index contributed by atoms with van der Waals surface area (Å²) in [6.45, 7) is 3.63. The van der Waals surface area contributed by atoms with Crippen LogP contribution in [0.2, 0.25) is 5.02 Å². The Morgan fingerprint density at radius 3 is 2.92 bits per heavy atom. The molecule has 5 nitrogen and oxygen atoms in total. The van der Waals surface area contributed by atoms with Gasteiger partial charge in [0.15, 0.2) is 0 Å². The fourth-order valence-corrected chi connectivity index (χ4v) is 5.29. The molecule has 0 radical (unpaired) electrons. The summed E-state index contributed by atoms with van der Waals surface area (Å²) in [5.41, 5.74) is 1.86. The number of benzene rings is 1. The first-order valence-corrected chi connectivity index (χ1v) is 10.3. The minimum atomic E-state index is -3.70. The average Bonchev–Trinajstić information content (AvgIpc) is 2.64. The molecule has 25 heavy (non-hydrogen) atoms. The third-order valence-corrected chi connectivity index (χ3v) is 6.77. The van der Waals surface area contributed by atoms with Crippen molar-refractivity contribution in [2.45, 2.75) is 30.7 Å². The Bertz CT molecular complexity index is 827. The van der Waals surface area contributed by atoms with E-state index in [1.165, 1.54) is 4.31 Å². The van der Waals surface area contributed by atoms with Gasteiger partial charge in [0.25, 0.3) is 0 Å². The van der Waals surface area contributed by atoms with Crippen molar-refractivity contribution in [2.24, 2.45) is 0 Å². The highest BCUT2D eigenvalue weighted by molar-refractivity contribution is 7.89. The average molecular weight is 380 g/mol. The third-order valence-electron chi connectivity index (χ3n) is 4.38. The third kappa shape index (κ3) is 3.87. The molecule has 7 heteroatoms. The highest BCUT2D eigenvalue weighted by Gasteiger charge is 2.35. The number of nitrogens with zero attached hydrogens (tertiary/aromatic N) is 2. The van der Waals surface area contributed by atoms with E-state index in [4.69, 9.17) is 11.6 Å². The molecule has 1 unspecified atom stereocenters. The zero-order chi connectivity index (χ0) is 17.9. The molecule has 0 bridgehead atoms. The van der Waals surface area contributed by atoms with Gasteiger partial charge in [-0.3, -0.25) is 4.98 Å². The number of pyridine rings is 1. The van der Waals surface area contributed by atoms with Gasteiger partial charge in [0.05, 0.1) is 11.1 Å². The molecule has 0 aliphatic carbocycles. The first-order valence-electron chi connectivity index (χ1n) is 8.45. The normalized spacial score (nSPS) is 19.0. The quantitative estimate of drug-likeness (QED) is 0.867. The topological polar surface area (TPSA) is 62.3 Å². The van der Waals surface area contributed by atoms with Gasteiger partial charge in [-0.1, -0.05) is 37.1 Å². The van der Waals surface area contributed by atoms with E-state index in [1.54, 1.807) is 24.5 Å². The maximum Gasteiger partial charge on any atom is 0.245 e. The van der Waals surface area contributed by atoms with E-state index in [0.29, 0.717) is 19.6 Å². The van der Waals surface area contributed by atoms with Crippen molar-refractivity contribution in [1.29, 1.82) is 0 Å². The van der Waals surface area contributed by atoms with E-state index >= 15 is 0 Å². The number of nitrogens with one attached hydrogen (secondary N) is 1. The van der Waals surface area contributed by atoms with Gasteiger partial charge in [0.2, 0.25) is 10.0 Å². The Balaban J connectivity index is 2.01. The molecule has 2 heterocycles. The molecule has 0 saturated carbocycles. The number of aryl methyl sites for hydroxylation is 1. The highest BCUT2D eigenvalue weighted by atomic mass is 35.5. The molecule has 1 N–H and O–H groups in total. The van der Waals surface area contributed by atoms with E-state index in [9.17, 15) is 8.42 Å². The van der Waals surface area contributed by atoms with Crippen LogP contribution in [0.25, 0.3) is 0 Å². The number of aromatic nitrogens is 1. The van der Waals surface area contributed by atoms with Crippen molar-refractivity contribution in [3.05, 3.63) is 58.9 Å². The van der Waals surface area contributed by atoms with Crippen molar-refractivity contribution in [2.75, 3.05) is 19.6 Å². The minimum absolute atomic E-state index is 0.191. The van der Waals surface area contributed by atoms with E-state index in [-0.39, 0.29) is 16.0 Å². The van der Waals surface area contributed by atoms with Gasteiger partial charge in [-0.25, -0.2) is 8.42 Å². The van der Waals surface area contributed by atoms with Crippen molar-refractivity contribution in [1.82, 2.24) is 14.6 Å². The first kappa shape index (κ1) is 18.3. The standard InChI is InChI=1S/C18H22ClN3O2S/c1-2-4-14-6-7-16(19)18(11-14)25(23,24)22-10-9-21-13-17(22)15-5-3-8-20-12-15/h3,5-8,11-12,17,21H,2,4,9-10,13H2,1H3. The molecule has 1 aromatic heterocycles. The highest BCUT2D eigenvalue weighted by Crippen LogP contribution is 2.32. The van der Waals surface area contributed by atoms with Crippen LogP contribution in [0.4, 0.5) is 0 Å². The van der Waals surface area contributed by atoms with E-state index in [2.05, 4.69) is 17.2 Å². The van der Waals surface area contributed by atoms with Crippen LogP contribution >= 0.6 is 11.6 Å². The molecule has 1 aromatic carbocycles. The molecular weight excluding hydrogens is 358 g/mol. The second kappa shape index (κ2) is 7.83. The smallest absolute Gasteiger partial charge is 0.245 e. The largest absolute Gasteiger partial charge is 0.313 e. The molecule has 0 spiro atoms. The molecule has 1 aliphatic heterocycles. The van der Waals surface area contributed by atoms with Gasteiger partial charge in [-0.2, -0.15) is 4.31 Å². The first-order chi connectivity index (χ1) is 12.0. The summed E-state index contributed by atoms with van der Waals surface area (Å²) >= 11 is 6.26. The lowest BCUT2D eigenvalue weighted by Gasteiger charge is -2.35. The lowest BCUT2D eigenvalue weighted by Crippen LogP contribution is -2.48. The van der Waals surface area contributed by atoms with E-state index < -0.39 is 10.0 Å². The summed E-state index contributed by atoms with van der Waals surface area (Å²) in [6, 6.07) is 8.72. The van der Waals surface area contributed by atoms with E-state index in [1.807, 2.05) is 18.2 Å². The van der Waals surface area contributed by atoms with Crippen LogP contribution < -0.4 is 5.32 Å². The van der Waals surface area contributed by atoms with Crippen LogP contribution in [0.5, 0.6) is 0 Å². The van der Waals surface area contributed by atoms with Crippen LogP contribution in [-0.4, -0.2) is 37.3 Å². The van der Waals surface area contributed by atoms with Crippen LogP contribution in [-0.2, 0) is 16.4 Å². The van der Waals surface area contributed by atoms with Gasteiger partial charge < -0.3 is 5.32 Å². The van der Waals surface area contributed by atoms with E-state index in [0.717, 1.165) is 24.0 Å². The number of sulfonamides is 1. The summed E-state index contributed by atoms with van der Waals surface area (Å²) in [5.74, 6) is 0. The predicted octanol–water partition coefficient (Wildman–Crippen LogP) is 3.02. The van der Waals surface area contributed by atoms with Gasteiger partial charge >= 0.3 is 0 Å². The Morgan fingerprint density at radius 2 is 2.20 bits per heavy atom. The summed E-state index contributed by atoms with van der Waals surface area (Å²) in [6.07, 6.45) is 5.18. The molecule has 1 atom stereocenters. The Hall–Kier alpha value is -1.47. The van der Waals surface area contributed by atoms with Gasteiger partial charge in [0, 0.05) is 32.0 Å². The van der Waals surface area contributed by atoms with Crippen molar-refractivity contribution < 1.29 is 8.42 Å². The fourth-order valence-electron chi connectivity index (χ4n) is 3.15. The fraction of sp³-hybridized carbons (Fsp3) is 0.389. The molecule has 1 saturated heterocycles. The van der Waals surface area contributed by atoms with Crippen LogP contribution in [0, 0.1) is 0 Å². The van der Waals surface area contributed by atoms with Gasteiger partial charge in [-0.15, -0.1) is 0 Å². The summed E-state index contributed by atoms with van der Waals surface area (Å²) < 4.78 is 28.2. The van der Waals surface area contributed by atoms with Crippen molar-refractivity contribution >= 4 is 21.6 Å². The second-order valence-electron chi connectivity index (χ2n) is 6.14. The molecule has 1 fully saturated rings. The molecule has 1 aliphatic rings. The monoisotopic (exact) mass is 379 g/mol. The predicted molar refractivity (Wildman–Crippen MR) is 99.2 cm³/mol. The maximum absolute atomic E-state index is 13.3. The van der Waals surface area contributed by atoms with Gasteiger partial charge in [-0.05, 0) is 35.7 Å². The number of hydrogen-bond donors (Lipinski definition) is 1. The van der Waals surface area contributed by atoms with Gasteiger partial charge in [0.1, 0.15) is 4.90 Å². The lowest BCUT2D eigenvalue weighted by atomic mass is 10.1. The molecule has 3 rings (SSSR count). The minimum Gasteiger partial charge on any atom is -0.313 e. The Labute approximate surface area is 154 Å². The maximum atomic E-state index is 13.3. The SMILES string of the molecule is CCCc1ccc(Cl)c(S(=O)(=O)N2CCNCC2c2cccnc2)c1.